The van der Waals surface area contributed by atoms with Gasteiger partial charge in [-0.15, -0.1) is 45.6 Å². The maximum Gasteiger partial charge on any atom is 3.00 e. The molecule has 0 aliphatic heterocycles. The van der Waals surface area contributed by atoms with Crippen molar-refractivity contribution in [1.82, 2.24) is 0 Å². The van der Waals surface area contributed by atoms with Gasteiger partial charge in [0.05, 0.1) is 0 Å². The predicted octanol–water partition coefficient (Wildman–Crippen LogP) is -1.54. The summed E-state index contributed by atoms with van der Waals surface area (Å²) in [5, 5.41) is 0. The van der Waals surface area contributed by atoms with Crippen LogP contribution in [0.5, 0.6) is 0 Å². The first-order valence-electron chi connectivity index (χ1n) is 6.04. The molecule has 0 bridgehead atoms. The Balaban J connectivity index is 0.00000120. The molecule has 0 amide bonds. The van der Waals surface area contributed by atoms with Gasteiger partial charge in [0.15, 0.2) is 0 Å². The van der Waals surface area contributed by atoms with Gasteiger partial charge in [-0.25, -0.2) is 0 Å². The monoisotopic (exact) mass is 337 g/mol. The van der Waals surface area contributed by atoms with E-state index in [4.69, 9.17) is 0 Å². The molecule has 0 saturated heterocycles. The predicted molar refractivity (Wildman–Crippen MR) is 72.4 cm³/mol. The number of rotatable bonds is 1. The molecule has 0 heterocycles. The minimum atomic E-state index is 0. The summed E-state index contributed by atoms with van der Waals surface area (Å²) in [6.45, 7) is 4.37. The van der Waals surface area contributed by atoms with E-state index >= 15 is 0 Å². The van der Waals surface area contributed by atoms with Gasteiger partial charge in [0.1, 0.15) is 0 Å². The number of fused-ring (bicyclic) bond motifs is 1. The molecule has 0 aromatic heterocycles. The molecule has 2 aliphatic carbocycles. The summed E-state index contributed by atoms with van der Waals surface area (Å²) in [5.41, 5.74) is 7.97. The molecule has 1 aromatic rings. The SMILES string of the molecule is CC(C)=C1C(C2=CC=CC2)=[C-]c2ccccc21.[Cl-].[Cl-].[Ti+3]. The first-order valence-corrected chi connectivity index (χ1v) is 6.04. The molecule has 0 atom stereocenters. The first-order chi connectivity index (χ1) is 8.27. The van der Waals surface area contributed by atoms with Crippen molar-refractivity contribution in [1.29, 1.82) is 0 Å². The van der Waals surface area contributed by atoms with Crippen LogP contribution >= 0.6 is 0 Å². The van der Waals surface area contributed by atoms with E-state index in [-0.39, 0.29) is 46.5 Å². The van der Waals surface area contributed by atoms with Crippen LogP contribution in [0.3, 0.4) is 0 Å². The number of hydrogen-bond acceptors (Lipinski definition) is 0. The standard InChI is InChI=1S/C17H15.2ClH.Ti/c1-12(2)17-15-10-6-5-9-14(15)11-16(17)13-7-3-4-8-13;;;/h3-7,9-10H,8H2,1-2H3;2*1H;/q-1;;;+3/p-2. The molecular weight excluding hydrogens is 323 g/mol. The van der Waals surface area contributed by atoms with Crippen LogP contribution in [0.1, 0.15) is 31.4 Å². The smallest absolute Gasteiger partial charge is 1.00 e. The van der Waals surface area contributed by atoms with Crippen molar-refractivity contribution in [2.24, 2.45) is 0 Å². The molecule has 0 nitrogen and oxygen atoms in total. The Morgan fingerprint density at radius 1 is 1.10 bits per heavy atom. The van der Waals surface area contributed by atoms with Crippen molar-refractivity contribution < 1.29 is 46.5 Å². The fourth-order valence-corrected chi connectivity index (χ4v) is 2.53. The molecule has 2 aliphatic rings. The van der Waals surface area contributed by atoms with Crippen LogP contribution in [0, 0.1) is 6.08 Å². The minimum Gasteiger partial charge on any atom is -1.00 e. The summed E-state index contributed by atoms with van der Waals surface area (Å²) in [6.07, 6.45) is 11.1. The summed E-state index contributed by atoms with van der Waals surface area (Å²) < 4.78 is 0. The van der Waals surface area contributed by atoms with Gasteiger partial charge in [-0.3, -0.25) is 0 Å². The van der Waals surface area contributed by atoms with Gasteiger partial charge in [-0.2, -0.15) is 0 Å². The van der Waals surface area contributed by atoms with Crippen molar-refractivity contribution in [3.63, 3.8) is 0 Å². The maximum atomic E-state index is 3.56. The fourth-order valence-electron chi connectivity index (χ4n) is 2.53. The second-order valence-electron chi connectivity index (χ2n) is 4.74. The molecule has 1 radical (unpaired) electrons. The molecule has 20 heavy (non-hydrogen) atoms. The Labute approximate surface area is 148 Å². The van der Waals surface area contributed by atoms with E-state index in [9.17, 15) is 0 Å². The second kappa shape index (κ2) is 8.05. The summed E-state index contributed by atoms with van der Waals surface area (Å²) in [7, 11) is 0. The molecule has 3 rings (SSSR count). The fraction of sp³-hybridized carbons (Fsp3) is 0.176. The zero-order chi connectivity index (χ0) is 11.8. The summed E-state index contributed by atoms with van der Waals surface area (Å²) in [5.74, 6) is 0. The Bertz CT molecular complexity index is 603. The molecule has 0 N–H and O–H groups in total. The molecular formula is C17H15Cl2Ti. The topological polar surface area (TPSA) is 0 Å². The van der Waals surface area contributed by atoms with Gasteiger partial charge in [0, 0.05) is 0 Å². The molecule has 101 valence electrons. The largest absolute Gasteiger partial charge is 3.00 e. The number of allylic oxidation sites excluding steroid dienone is 7. The zero-order valence-electron chi connectivity index (χ0n) is 11.5. The van der Waals surface area contributed by atoms with Crippen LogP contribution in [0.2, 0.25) is 0 Å². The van der Waals surface area contributed by atoms with Crippen molar-refractivity contribution in [2.75, 3.05) is 0 Å². The molecule has 1 aromatic carbocycles. The third-order valence-electron chi connectivity index (χ3n) is 3.30. The van der Waals surface area contributed by atoms with Crippen LogP contribution in [0.15, 0.2) is 59.2 Å². The summed E-state index contributed by atoms with van der Waals surface area (Å²) in [4.78, 5) is 0. The second-order valence-corrected chi connectivity index (χ2v) is 4.74. The average Bonchev–Trinajstić information content (AvgIpc) is 2.95. The average molecular weight is 338 g/mol. The quantitative estimate of drug-likeness (QED) is 0.430. The third kappa shape index (κ3) is 3.38. The molecule has 0 fully saturated rings. The molecule has 0 saturated carbocycles. The Hall–Kier alpha value is -0.526. The van der Waals surface area contributed by atoms with Crippen LogP contribution in [0.25, 0.3) is 5.57 Å². The minimum absolute atomic E-state index is 0. The summed E-state index contributed by atoms with van der Waals surface area (Å²) in [6, 6.07) is 8.53. The van der Waals surface area contributed by atoms with Gasteiger partial charge in [-0.1, -0.05) is 50.3 Å². The third-order valence-corrected chi connectivity index (χ3v) is 3.30. The Morgan fingerprint density at radius 2 is 1.80 bits per heavy atom. The van der Waals surface area contributed by atoms with E-state index in [1.165, 1.54) is 33.4 Å². The van der Waals surface area contributed by atoms with E-state index in [1.54, 1.807) is 0 Å². The zero-order valence-corrected chi connectivity index (χ0v) is 14.6. The van der Waals surface area contributed by atoms with Gasteiger partial charge in [0.2, 0.25) is 0 Å². The van der Waals surface area contributed by atoms with E-state index in [2.05, 4.69) is 62.4 Å². The van der Waals surface area contributed by atoms with Crippen molar-refractivity contribution in [3.05, 3.63) is 76.4 Å². The van der Waals surface area contributed by atoms with Crippen LogP contribution in [0.4, 0.5) is 0 Å². The van der Waals surface area contributed by atoms with E-state index < -0.39 is 0 Å². The summed E-state index contributed by atoms with van der Waals surface area (Å²) >= 11 is 0. The van der Waals surface area contributed by atoms with E-state index in [0.717, 1.165) is 6.42 Å². The number of halogens is 2. The van der Waals surface area contributed by atoms with Crippen molar-refractivity contribution in [3.8, 4) is 0 Å². The molecule has 0 spiro atoms. The maximum absolute atomic E-state index is 3.56. The van der Waals surface area contributed by atoms with Gasteiger partial charge >= 0.3 is 21.7 Å². The van der Waals surface area contributed by atoms with Gasteiger partial charge in [-0.05, 0) is 6.42 Å². The van der Waals surface area contributed by atoms with Crippen LogP contribution in [-0.4, -0.2) is 0 Å². The Kier molecular flexibility index (Phi) is 7.84. The normalized spacial score (nSPS) is 14.4. The van der Waals surface area contributed by atoms with Gasteiger partial charge < -0.3 is 24.8 Å². The van der Waals surface area contributed by atoms with Gasteiger partial charge in [0.25, 0.3) is 0 Å². The van der Waals surface area contributed by atoms with Crippen LogP contribution in [-0.2, 0) is 21.7 Å². The van der Waals surface area contributed by atoms with Crippen molar-refractivity contribution >= 4 is 5.57 Å². The Morgan fingerprint density at radius 3 is 2.40 bits per heavy atom. The van der Waals surface area contributed by atoms with E-state index in [0.29, 0.717) is 0 Å². The van der Waals surface area contributed by atoms with E-state index in [1.807, 2.05) is 0 Å². The molecule has 0 unspecified atom stereocenters. The van der Waals surface area contributed by atoms with Crippen molar-refractivity contribution in [2.45, 2.75) is 20.3 Å². The number of hydrogen-bond donors (Lipinski definition) is 0. The molecule has 3 heteroatoms. The van der Waals surface area contributed by atoms with Crippen LogP contribution < -0.4 is 24.8 Å². The first kappa shape index (κ1) is 19.5. The number of benzene rings is 1.